The van der Waals surface area contributed by atoms with E-state index in [0.29, 0.717) is 25.7 Å². The van der Waals surface area contributed by atoms with Crippen LogP contribution >= 0.6 is 0 Å². The zero-order chi connectivity index (χ0) is 17.8. The second-order valence-corrected chi connectivity index (χ2v) is 6.33. The number of hydrogen-bond donors (Lipinski definition) is 2. The van der Waals surface area contributed by atoms with Gasteiger partial charge in [0, 0.05) is 44.3 Å². The van der Waals surface area contributed by atoms with Crippen LogP contribution in [0.4, 0.5) is 8.78 Å². The van der Waals surface area contributed by atoms with Gasteiger partial charge in [-0.2, -0.15) is 0 Å². The Morgan fingerprint density at radius 2 is 1.92 bits per heavy atom. The maximum Gasteiger partial charge on any atom is 0.254 e. The van der Waals surface area contributed by atoms with Gasteiger partial charge >= 0.3 is 0 Å². The summed E-state index contributed by atoms with van der Waals surface area (Å²) in [5.41, 5.74) is 0.954. The predicted molar refractivity (Wildman–Crippen MR) is 89.9 cm³/mol. The molecule has 1 fully saturated rings. The van der Waals surface area contributed by atoms with Crippen molar-refractivity contribution >= 4 is 5.91 Å². The summed E-state index contributed by atoms with van der Waals surface area (Å²) >= 11 is 0. The highest BCUT2D eigenvalue weighted by molar-refractivity contribution is 5.94. The van der Waals surface area contributed by atoms with Crippen LogP contribution in [0, 0.1) is 17.6 Å². The topological polar surface area (TPSA) is 52.6 Å². The Kier molecular flexibility index (Phi) is 5.40. The van der Waals surface area contributed by atoms with Crippen LogP contribution in [0.25, 0.3) is 0 Å². The van der Waals surface area contributed by atoms with E-state index < -0.39 is 17.5 Å². The maximum atomic E-state index is 13.8. The number of nitrogens with zero attached hydrogens (tertiary/aromatic N) is 1. The molecule has 1 aliphatic heterocycles. The quantitative estimate of drug-likeness (QED) is 0.873. The van der Waals surface area contributed by atoms with Crippen LogP contribution in [0.1, 0.15) is 15.9 Å². The summed E-state index contributed by atoms with van der Waals surface area (Å²) in [4.78, 5) is 14.4. The van der Waals surface area contributed by atoms with Crippen LogP contribution in [0.3, 0.4) is 0 Å². The maximum absolute atomic E-state index is 13.8. The second kappa shape index (κ2) is 7.72. The zero-order valence-corrected chi connectivity index (χ0v) is 13.7. The minimum absolute atomic E-state index is 0.0673. The molecule has 6 heteroatoms. The van der Waals surface area contributed by atoms with E-state index in [4.69, 9.17) is 0 Å². The molecule has 1 heterocycles. The largest absolute Gasteiger partial charge is 0.396 e. The van der Waals surface area contributed by atoms with Gasteiger partial charge in [0.2, 0.25) is 0 Å². The van der Waals surface area contributed by atoms with E-state index in [0.717, 1.165) is 17.7 Å². The summed E-state index contributed by atoms with van der Waals surface area (Å²) in [7, 11) is 0. The van der Waals surface area contributed by atoms with Crippen LogP contribution in [-0.4, -0.2) is 41.7 Å². The van der Waals surface area contributed by atoms with Gasteiger partial charge in [0.05, 0.1) is 5.56 Å². The van der Waals surface area contributed by atoms with Crippen molar-refractivity contribution in [1.82, 2.24) is 10.2 Å². The number of benzene rings is 2. The molecule has 3 rings (SSSR count). The molecule has 0 aliphatic carbocycles. The van der Waals surface area contributed by atoms with Crippen molar-refractivity contribution in [2.24, 2.45) is 5.92 Å². The molecule has 2 aromatic rings. The summed E-state index contributed by atoms with van der Waals surface area (Å²) in [6, 6.07) is 12.5. The van der Waals surface area contributed by atoms with Crippen molar-refractivity contribution in [1.29, 1.82) is 0 Å². The molecule has 25 heavy (non-hydrogen) atoms. The number of amides is 1. The second-order valence-electron chi connectivity index (χ2n) is 6.33. The summed E-state index contributed by atoms with van der Waals surface area (Å²) in [5, 5.41) is 12.4. The summed E-state index contributed by atoms with van der Waals surface area (Å²) in [5.74, 6) is -2.34. The van der Waals surface area contributed by atoms with E-state index >= 15 is 0 Å². The fourth-order valence-corrected chi connectivity index (χ4v) is 3.20. The average molecular weight is 346 g/mol. The number of carbonyl (C=O) groups is 1. The summed E-state index contributed by atoms with van der Waals surface area (Å²) in [6.07, 6.45) is 0. The van der Waals surface area contributed by atoms with Gasteiger partial charge < -0.3 is 10.4 Å². The molecule has 1 aliphatic rings. The van der Waals surface area contributed by atoms with Gasteiger partial charge in [0.1, 0.15) is 11.6 Å². The first-order valence-corrected chi connectivity index (χ1v) is 8.20. The molecular weight excluding hydrogens is 326 g/mol. The zero-order valence-electron chi connectivity index (χ0n) is 13.7. The Morgan fingerprint density at radius 1 is 1.16 bits per heavy atom. The van der Waals surface area contributed by atoms with E-state index in [-0.39, 0.29) is 24.1 Å². The van der Waals surface area contributed by atoms with Crippen molar-refractivity contribution < 1.29 is 18.7 Å². The van der Waals surface area contributed by atoms with Crippen molar-refractivity contribution in [2.75, 3.05) is 19.7 Å². The Morgan fingerprint density at radius 3 is 2.60 bits per heavy atom. The lowest BCUT2D eigenvalue weighted by Gasteiger charge is -2.18. The molecule has 1 amide bonds. The third-order valence-electron chi connectivity index (χ3n) is 4.49. The number of rotatable bonds is 5. The predicted octanol–water partition coefficient (Wildman–Crippen LogP) is 2.19. The van der Waals surface area contributed by atoms with Gasteiger partial charge in [-0.25, -0.2) is 8.78 Å². The molecule has 2 aromatic carbocycles. The molecule has 0 spiro atoms. The Hall–Kier alpha value is -2.31. The van der Waals surface area contributed by atoms with Gasteiger partial charge in [0.25, 0.3) is 5.91 Å². The highest BCUT2D eigenvalue weighted by Crippen LogP contribution is 2.20. The van der Waals surface area contributed by atoms with Gasteiger partial charge in [-0.05, 0) is 17.7 Å². The van der Waals surface area contributed by atoms with E-state index in [1.165, 1.54) is 0 Å². The average Bonchev–Trinajstić information content (AvgIpc) is 2.97. The van der Waals surface area contributed by atoms with Crippen molar-refractivity contribution in [3.05, 3.63) is 71.3 Å². The van der Waals surface area contributed by atoms with Gasteiger partial charge in [-0.15, -0.1) is 0 Å². The molecule has 0 radical (unpaired) electrons. The van der Waals surface area contributed by atoms with Crippen molar-refractivity contribution in [2.45, 2.75) is 12.6 Å². The number of halogens is 2. The minimum atomic E-state index is -0.891. The lowest BCUT2D eigenvalue weighted by atomic mass is 10.0. The van der Waals surface area contributed by atoms with Crippen LogP contribution in [0.5, 0.6) is 0 Å². The molecule has 0 saturated carbocycles. The fraction of sp³-hybridized carbons (Fsp3) is 0.316. The SMILES string of the molecule is O=C(N[C@@H]1CN(Cc2ccccc2)C[C@H]1CO)c1ccc(F)cc1F. The smallest absolute Gasteiger partial charge is 0.254 e. The number of likely N-dealkylation sites (tertiary alicyclic amines) is 1. The molecule has 2 N–H and O–H groups in total. The van der Waals surface area contributed by atoms with Crippen molar-refractivity contribution in [3.63, 3.8) is 0 Å². The van der Waals surface area contributed by atoms with E-state index in [1.807, 2.05) is 30.3 Å². The third kappa shape index (κ3) is 4.21. The lowest BCUT2D eigenvalue weighted by Crippen LogP contribution is -2.41. The number of aliphatic hydroxyl groups excluding tert-OH is 1. The molecule has 1 saturated heterocycles. The van der Waals surface area contributed by atoms with Crippen LogP contribution < -0.4 is 5.32 Å². The summed E-state index contributed by atoms with van der Waals surface area (Å²) < 4.78 is 26.7. The minimum Gasteiger partial charge on any atom is -0.396 e. The number of carbonyl (C=O) groups excluding carboxylic acids is 1. The fourth-order valence-electron chi connectivity index (χ4n) is 3.20. The Labute approximate surface area is 145 Å². The van der Waals surface area contributed by atoms with Gasteiger partial charge in [-0.3, -0.25) is 9.69 Å². The van der Waals surface area contributed by atoms with Gasteiger partial charge in [-0.1, -0.05) is 30.3 Å². The number of aliphatic hydroxyl groups is 1. The van der Waals surface area contributed by atoms with E-state index in [1.54, 1.807) is 0 Å². The number of hydrogen-bond acceptors (Lipinski definition) is 3. The third-order valence-corrected chi connectivity index (χ3v) is 4.49. The first kappa shape index (κ1) is 17.5. The first-order valence-electron chi connectivity index (χ1n) is 8.20. The van der Waals surface area contributed by atoms with Crippen LogP contribution in [0.2, 0.25) is 0 Å². The molecule has 0 bridgehead atoms. The highest BCUT2D eigenvalue weighted by atomic mass is 19.1. The van der Waals surface area contributed by atoms with Crippen molar-refractivity contribution in [3.8, 4) is 0 Å². The molecular formula is C19H20F2N2O2. The summed E-state index contributed by atoms with van der Waals surface area (Å²) in [6.45, 7) is 1.85. The van der Waals surface area contributed by atoms with E-state index in [9.17, 15) is 18.7 Å². The lowest BCUT2D eigenvalue weighted by molar-refractivity contribution is 0.0917. The standard InChI is InChI=1S/C19H20F2N2O2/c20-15-6-7-16(17(21)8-15)19(25)22-18-11-23(10-14(18)12-24)9-13-4-2-1-3-5-13/h1-8,14,18,24H,9-12H2,(H,22,25)/t14-,18+/m0/s1. The first-order chi connectivity index (χ1) is 12.1. The number of nitrogens with one attached hydrogen (secondary N) is 1. The molecule has 132 valence electrons. The van der Waals surface area contributed by atoms with Crippen LogP contribution in [-0.2, 0) is 6.54 Å². The molecule has 0 aromatic heterocycles. The van der Waals surface area contributed by atoms with E-state index in [2.05, 4.69) is 10.2 Å². The monoisotopic (exact) mass is 346 g/mol. The molecule has 2 atom stereocenters. The highest BCUT2D eigenvalue weighted by Gasteiger charge is 2.33. The van der Waals surface area contributed by atoms with Crippen LogP contribution in [0.15, 0.2) is 48.5 Å². The normalized spacial score (nSPS) is 20.6. The Bertz CT molecular complexity index is 739. The molecule has 4 nitrogen and oxygen atoms in total. The Balaban J connectivity index is 1.65. The molecule has 0 unspecified atom stereocenters. The van der Waals surface area contributed by atoms with Gasteiger partial charge in [0.15, 0.2) is 0 Å².